The monoisotopic (exact) mass is 301 g/mol. The van der Waals surface area contributed by atoms with Gasteiger partial charge in [-0.3, -0.25) is 9.48 Å². The second-order valence-electron chi connectivity index (χ2n) is 5.31. The summed E-state index contributed by atoms with van der Waals surface area (Å²) >= 11 is 0. The van der Waals surface area contributed by atoms with Crippen molar-refractivity contribution in [1.82, 2.24) is 9.78 Å². The fourth-order valence-electron chi connectivity index (χ4n) is 2.79. The second-order valence-corrected chi connectivity index (χ2v) is 5.31. The number of carbonyl (C=O) groups excluding carboxylic acids is 1. The van der Waals surface area contributed by atoms with Crippen LogP contribution in [0.2, 0.25) is 0 Å². The van der Waals surface area contributed by atoms with Crippen molar-refractivity contribution in [2.45, 2.75) is 19.3 Å². The van der Waals surface area contributed by atoms with Crippen LogP contribution in [0.1, 0.15) is 28.0 Å². The van der Waals surface area contributed by atoms with Crippen molar-refractivity contribution in [3.63, 3.8) is 0 Å². The van der Waals surface area contributed by atoms with Crippen LogP contribution in [0, 0.1) is 0 Å². The molecule has 1 aromatic carbocycles. The van der Waals surface area contributed by atoms with Gasteiger partial charge in [0.1, 0.15) is 17.3 Å². The zero-order valence-corrected chi connectivity index (χ0v) is 13.0. The van der Waals surface area contributed by atoms with Crippen molar-refractivity contribution in [2.24, 2.45) is 7.05 Å². The summed E-state index contributed by atoms with van der Waals surface area (Å²) in [5, 5.41) is 7.42. The van der Waals surface area contributed by atoms with Gasteiger partial charge in [0.2, 0.25) is 0 Å². The molecule has 0 bridgehead atoms. The maximum atomic E-state index is 12.5. The van der Waals surface area contributed by atoms with Gasteiger partial charge in [-0.25, -0.2) is 0 Å². The highest BCUT2D eigenvalue weighted by atomic mass is 16.5. The molecule has 1 aromatic heterocycles. The van der Waals surface area contributed by atoms with Crippen LogP contribution in [0.5, 0.6) is 11.5 Å². The number of rotatable bonds is 4. The summed E-state index contributed by atoms with van der Waals surface area (Å²) < 4.78 is 12.1. The lowest BCUT2D eigenvalue weighted by Gasteiger charge is -2.10. The molecule has 1 N–H and O–H groups in total. The van der Waals surface area contributed by atoms with Crippen molar-refractivity contribution in [3.8, 4) is 11.5 Å². The highest BCUT2D eigenvalue weighted by molar-refractivity contribution is 6.04. The molecular weight excluding hydrogens is 282 g/mol. The maximum Gasteiger partial charge on any atom is 0.257 e. The Morgan fingerprint density at radius 1 is 1.18 bits per heavy atom. The largest absolute Gasteiger partial charge is 0.497 e. The number of nitrogens with zero attached hydrogens (tertiary/aromatic N) is 2. The molecule has 116 valence electrons. The quantitative estimate of drug-likeness (QED) is 0.940. The Morgan fingerprint density at radius 2 is 1.86 bits per heavy atom. The Hall–Kier alpha value is -2.50. The van der Waals surface area contributed by atoms with E-state index >= 15 is 0 Å². The van der Waals surface area contributed by atoms with Crippen molar-refractivity contribution in [1.29, 1.82) is 0 Å². The minimum absolute atomic E-state index is 0.199. The van der Waals surface area contributed by atoms with Crippen LogP contribution in [-0.4, -0.2) is 29.9 Å². The highest BCUT2D eigenvalue weighted by Gasteiger charge is 2.22. The van der Waals surface area contributed by atoms with Crippen LogP contribution >= 0.6 is 0 Å². The fraction of sp³-hybridized carbons (Fsp3) is 0.375. The summed E-state index contributed by atoms with van der Waals surface area (Å²) in [5.74, 6) is 1.74. The molecule has 22 heavy (non-hydrogen) atoms. The van der Waals surface area contributed by atoms with Gasteiger partial charge in [0, 0.05) is 24.2 Å². The topological polar surface area (TPSA) is 65.4 Å². The van der Waals surface area contributed by atoms with Gasteiger partial charge >= 0.3 is 0 Å². The molecular formula is C16H19N3O3. The number of carbonyl (C=O) groups is 1. The molecule has 6 nitrogen and oxygen atoms in total. The number of methoxy groups -OCH3 is 2. The Bertz CT molecular complexity index is 699. The first kappa shape index (κ1) is 14.4. The van der Waals surface area contributed by atoms with Gasteiger partial charge in [0.05, 0.1) is 19.9 Å². The third kappa shape index (κ3) is 2.52. The van der Waals surface area contributed by atoms with E-state index in [0.29, 0.717) is 17.1 Å². The SMILES string of the molecule is COc1cc(OC)cc(C(=O)Nc2c3c(nn2C)CCC3)c1. The van der Waals surface area contributed by atoms with E-state index in [1.807, 2.05) is 7.05 Å². The van der Waals surface area contributed by atoms with E-state index in [4.69, 9.17) is 9.47 Å². The van der Waals surface area contributed by atoms with Crippen molar-refractivity contribution in [2.75, 3.05) is 19.5 Å². The van der Waals surface area contributed by atoms with E-state index in [0.717, 1.165) is 36.3 Å². The molecule has 3 rings (SSSR count). The molecule has 1 aliphatic carbocycles. The van der Waals surface area contributed by atoms with Gasteiger partial charge in [-0.05, 0) is 31.4 Å². The van der Waals surface area contributed by atoms with E-state index in [1.54, 1.807) is 37.1 Å². The maximum absolute atomic E-state index is 12.5. The zero-order valence-electron chi connectivity index (χ0n) is 13.0. The molecule has 6 heteroatoms. The first-order chi connectivity index (χ1) is 10.6. The average molecular weight is 301 g/mol. The van der Waals surface area contributed by atoms with E-state index in [1.165, 1.54) is 0 Å². The summed E-state index contributed by atoms with van der Waals surface area (Å²) in [6, 6.07) is 5.11. The molecule has 0 radical (unpaired) electrons. The molecule has 0 fully saturated rings. The van der Waals surface area contributed by atoms with Crippen LogP contribution in [0.4, 0.5) is 5.82 Å². The molecule has 0 unspecified atom stereocenters. The smallest absolute Gasteiger partial charge is 0.257 e. The first-order valence-electron chi connectivity index (χ1n) is 7.21. The summed E-state index contributed by atoms with van der Waals surface area (Å²) in [6.07, 6.45) is 3.03. The van der Waals surface area contributed by atoms with Gasteiger partial charge in [0.25, 0.3) is 5.91 Å². The fourth-order valence-corrected chi connectivity index (χ4v) is 2.79. The van der Waals surface area contributed by atoms with Gasteiger partial charge < -0.3 is 14.8 Å². The lowest BCUT2D eigenvalue weighted by atomic mass is 10.1. The molecule has 0 atom stereocenters. The van der Waals surface area contributed by atoms with Crippen molar-refractivity contribution < 1.29 is 14.3 Å². The highest BCUT2D eigenvalue weighted by Crippen LogP contribution is 2.29. The molecule has 0 aliphatic heterocycles. The number of fused-ring (bicyclic) bond motifs is 1. The number of hydrogen-bond acceptors (Lipinski definition) is 4. The number of anilines is 1. The number of ether oxygens (including phenoxy) is 2. The number of aromatic nitrogens is 2. The molecule has 1 amide bonds. The molecule has 1 heterocycles. The molecule has 0 saturated heterocycles. The standard InChI is InChI=1S/C16H19N3O3/c1-19-15(13-5-4-6-14(13)18-19)17-16(20)10-7-11(21-2)9-12(8-10)22-3/h7-9H,4-6H2,1-3H3,(H,17,20). The number of hydrogen-bond donors (Lipinski definition) is 1. The van der Waals surface area contributed by atoms with Gasteiger partial charge in [-0.2, -0.15) is 5.10 Å². The van der Waals surface area contributed by atoms with Crippen molar-refractivity contribution in [3.05, 3.63) is 35.0 Å². The minimum atomic E-state index is -0.199. The Morgan fingerprint density at radius 3 is 2.50 bits per heavy atom. The molecule has 2 aromatic rings. The molecule has 0 spiro atoms. The summed E-state index contributed by atoms with van der Waals surface area (Å²) in [4.78, 5) is 12.5. The number of aryl methyl sites for hydroxylation is 2. The predicted octanol–water partition coefficient (Wildman–Crippen LogP) is 2.18. The van der Waals surface area contributed by atoms with Gasteiger partial charge in [-0.1, -0.05) is 0 Å². The number of amides is 1. The van der Waals surface area contributed by atoms with Crippen LogP contribution in [0.15, 0.2) is 18.2 Å². The van der Waals surface area contributed by atoms with Crippen LogP contribution in [0.25, 0.3) is 0 Å². The third-order valence-corrected chi connectivity index (χ3v) is 3.91. The van der Waals surface area contributed by atoms with Crippen LogP contribution in [0.3, 0.4) is 0 Å². The second kappa shape index (κ2) is 5.71. The first-order valence-corrected chi connectivity index (χ1v) is 7.21. The van der Waals surface area contributed by atoms with E-state index in [2.05, 4.69) is 10.4 Å². The van der Waals surface area contributed by atoms with E-state index in [9.17, 15) is 4.79 Å². The van der Waals surface area contributed by atoms with Gasteiger partial charge in [-0.15, -0.1) is 0 Å². The lowest BCUT2D eigenvalue weighted by Crippen LogP contribution is -2.16. The van der Waals surface area contributed by atoms with Gasteiger partial charge in [0.15, 0.2) is 0 Å². The Labute approximate surface area is 129 Å². The van der Waals surface area contributed by atoms with Crippen LogP contribution < -0.4 is 14.8 Å². The summed E-state index contributed by atoms with van der Waals surface area (Å²) in [5.41, 5.74) is 2.72. The third-order valence-electron chi connectivity index (χ3n) is 3.91. The van der Waals surface area contributed by atoms with E-state index in [-0.39, 0.29) is 5.91 Å². The van der Waals surface area contributed by atoms with Crippen LogP contribution in [-0.2, 0) is 19.9 Å². The normalized spacial score (nSPS) is 12.9. The van der Waals surface area contributed by atoms with E-state index < -0.39 is 0 Å². The Balaban J connectivity index is 1.89. The number of nitrogens with one attached hydrogen (secondary N) is 1. The average Bonchev–Trinajstić information content (AvgIpc) is 3.09. The lowest BCUT2D eigenvalue weighted by molar-refractivity contribution is 0.102. The zero-order chi connectivity index (χ0) is 15.7. The summed E-state index contributed by atoms with van der Waals surface area (Å²) in [7, 11) is 4.97. The Kier molecular flexibility index (Phi) is 3.75. The van der Waals surface area contributed by atoms with Crippen molar-refractivity contribution >= 4 is 11.7 Å². The summed E-state index contributed by atoms with van der Waals surface area (Å²) in [6.45, 7) is 0. The predicted molar refractivity (Wildman–Crippen MR) is 82.7 cm³/mol. The molecule has 1 aliphatic rings. The minimum Gasteiger partial charge on any atom is -0.497 e. The molecule has 0 saturated carbocycles. The number of benzene rings is 1.